The molecule has 1 N–H and O–H groups in total. The van der Waals surface area contributed by atoms with Crippen LogP contribution in [0.4, 0.5) is 0 Å². The van der Waals surface area contributed by atoms with Crippen LogP contribution in [0.3, 0.4) is 0 Å². The van der Waals surface area contributed by atoms with Gasteiger partial charge in [-0.05, 0) is 24.3 Å². The summed E-state index contributed by atoms with van der Waals surface area (Å²) in [6.07, 6.45) is 1.59. The van der Waals surface area contributed by atoms with E-state index in [1.54, 1.807) is 6.92 Å². The first kappa shape index (κ1) is 16.6. The Morgan fingerprint density at radius 3 is 2.48 bits per heavy atom. The summed E-state index contributed by atoms with van der Waals surface area (Å²) in [6.45, 7) is 5.91. The van der Waals surface area contributed by atoms with Crippen molar-refractivity contribution < 1.29 is 9.59 Å². The summed E-state index contributed by atoms with van der Waals surface area (Å²) in [5.74, 6) is 1.56. The summed E-state index contributed by atoms with van der Waals surface area (Å²) in [7, 11) is 0. The lowest BCUT2D eigenvalue weighted by atomic mass is 9.89. The van der Waals surface area contributed by atoms with Crippen molar-refractivity contribution in [3.05, 3.63) is 35.9 Å². The molecular formula is C20H27N3O2. The molecule has 4 rings (SSSR count). The van der Waals surface area contributed by atoms with E-state index in [9.17, 15) is 9.59 Å². The van der Waals surface area contributed by atoms with Crippen molar-refractivity contribution in [2.45, 2.75) is 25.8 Å². The van der Waals surface area contributed by atoms with Gasteiger partial charge in [0.2, 0.25) is 11.8 Å². The number of nitrogens with one attached hydrogen (secondary N) is 1. The number of carbonyl (C=O) groups is 2. The highest BCUT2D eigenvalue weighted by molar-refractivity contribution is 5.80. The second-order valence-electron chi connectivity index (χ2n) is 7.71. The molecule has 0 bridgehead atoms. The number of rotatable bonds is 2. The Kier molecular flexibility index (Phi) is 4.50. The average molecular weight is 341 g/mol. The predicted molar refractivity (Wildman–Crippen MR) is 95.7 cm³/mol. The van der Waals surface area contributed by atoms with Crippen LogP contribution >= 0.6 is 0 Å². The summed E-state index contributed by atoms with van der Waals surface area (Å²) < 4.78 is 0. The first-order chi connectivity index (χ1) is 12.1. The van der Waals surface area contributed by atoms with Crippen LogP contribution in [0.1, 0.15) is 31.4 Å². The van der Waals surface area contributed by atoms with E-state index in [0.29, 0.717) is 30.8 Å². The number of benzene rings is 1. The van der Waals surface area contributed by atoms with Crippen LogP contribution in [-0.2, 0) is 9.59 Å². The van der Waals surface area contributed by atoms with E-state index >= 15 is 0 Å². The van der Waals surface area contributed by atoms with Gasteiger partial charge in [0.15, 0.2) is 0 Å². The minimum atomic E-state index is 0.0635. The summed E-state index contributed by atoms with van der Waals surface area (Å²) in [4.78, 5) is 28.8. The minimum Gasteiger partial charge on any atom is -0.343 e. The van der Waals surface area contributed by atoms with Gasteiger partial charge in [0.1, 0.15) is 0 Å². The zero-order valence-corrected chi connectivity index (χ0v) is 14.9. The van der Waals surface area contributed by atoms with Gasteiger partial charge in [0.25, 0.3) is 0 Å². The Morgan fingerprint density at radius 1 is 1.08 bits per heavy atom. The lowest BCUT2D eigenvalue weighted by Gasteiger charge is -2.35. The standard InChI is InChI=1S/C20H27N3O2/c1-14(24)22-9-7-16(8-10-22)20(25)23-13-17-11-21-12-18(17)19(23)15-5-3-2-4-6-15/h2-6,16-19,21H,7-13H2,1H3/t17-,18-,19+/m0/s1. The van der Waals surface area contributed by atoms with E-state index in [1.807, 2.05) is 11.0 Å². The van der Waals surface area contributed by atoms with Crippen molar-refractivity contribution in [1.82, 2.24) is 15.1 Å². The fourth-order valence-electron chi connectivity index (χ4n) is 4.90. The lowest BCUT2D eigenvalue weighted by molar-refractivity contribution is -0.141. The summed E-state index contributed by atoms with van der Waals surface area (Å²) in [5.41, 5.74) is 1.26. The smallest absolute Gasteiger partial charge is 0.226 e. The van der Waals surface area contributed by atoms with Crippen molar-refractivity contribution in [3.63, 3.8) is 0 Å². The molecule has 3 saturated heterocycles. The zero-order chi connectivity index (χ0) is 17.4. The van der Waals surface area contributed by atoms with Gasteiger partial charge in [-0.2, -0.15) is 0 Å². The van der Waals surface area contributed by atoms with Crippen LogP contribution in [0.5, 0.6) is 0 Å². The highest BCUT2D eigenvalue weighted by Crippen LogP contribution is 2.43. The van der Waals surface area contributed by atoms with Crippen LogP contribution in [0, 0.1) is 17.8 Å². The molecule has 1 aromatic rings. The highest BCUT2D eigenvalue weighted by atomic mass is 16.2. The van der Waals surface area contributed by atoms with Crippen LogP contribution in [0.15, 0.2) is 30.3 Å². The molecule has 0 aliphatic carbocycles. The zero-order valence-electron chi connectivity index (χ0n) is 14.9. The van der Waals surface area contributed by atoms with Gasteiger partial charge in [-0.15, -0.1) is 0 Å². The van der Waals surface area contributed by atoms with Crippen molar-refractivity contribution >= 4 is 11.8 Å². The number of carbonyl (C=O) groups excluding carboxylic acids is 2. The SMILES string of the molecule is CC(=O)N1CCC(C(=O)N2C[C@@H]3CNC[C@@H]3[C@H]2c2ccccc2)CC1. The topological polar surface area (TPSA) is 52.7 Å². The third-order valence-electron chi connectivity index (χ3n) is 6.28. The van der Waals surface area contributed by atoms with Crippen molar-refractivity contribution in [1.29, 1.82) is 0 Å². The minimum absolute atomic E-state index is 0.0635. The second kappa shape index (κ2) is 6.79. The maximum absolute atomic E-state index is 13.3. The fourth-order valence-corrected chi connectivity index (χ4v) is 4.90. The number of hydrogen-bond donors (Lipinski definition) is 1. The summed E-state index contributed by atoms with van der Waals surface area (Å²) in [6, 6.07) is 10.7. The van der Waals surface area contributed by atoms with E-state index < -0.39 is 0 Å². The average Bonchev–Trinajstić information content (AvgIpc) is 3.22. The molecule has 3 atom stereocenters. The number of hydrogen-bond acceptors (Lipinski definition) is 3. The quantitative estimate of drug-likeness (QED) is 0.890. The molecule has 0 saturated carbocycles. The molecule has 3 heterocycles. The molecule has 0 unspecified atom stereocenters. The first-order valence-corrected chi connectivity index (χ1v) is 9.47. The maximum Gasteiger partial charge on any atom is 0.226 e. The number of likely N-dealkylation sites (tertiary alicyclic amines) is 2. The van der Waals surface area contributed by atoms with Crippen LogP contribution < -0.4 is 5.32 Å². The van der Waals surface area contributed by atoms with Crippen LogP contribution in [0.2, 0.25) is 0 Å². The number of fused-ring (bicyclic) bond motifs is 1. The van der Waals surface area contributed by atoms with E-state index in [2.05, 4.69) is 34.5 Å². The van der Waals surface area contributed by atoms with Crippen molar-refractivity contribution in [3.8, 4) is 0 Å². The van der Waals surface area contributed by atoms with Crippen LogP contribution in [0.25, 0.3) is 0 Å². The van der Waals surface area contributed by atoms with Crippen LogP contribution in [-0.4, -0.2) is 54.3 Å². The van der Waals surface area contributed by atoms with Crippen molar-refractivity contribution in [2.75, 3.05) is 32.7 Å². The summed E-state index contributed by atoms with van der Waals surface area (Å²) >= 11 is 0. The van der Waals surface area contributed by atoms with Gasteiger partial charge in [-0.3, -0.25) is 9.59 Å². The van der Waals surface area contributed by atoms with Crippen molar-refractivity contribution in [2.24, 2.45) is 17.8 Å². The van der Waals surface area contributed by atoms with Gasteiger partial charge in [-0.1, -0.05) is 30.3 Å². The number of amides is 2. The summed E-state index contributed by atoms with van der Waals surface area (Å²) in [5, 5.41) is 3.50. The highest BCUT2D eigenvalue weighted by Gasteiger charge is 2.47. The Labute approximate surface area is 149 Å². The molecule has 2 amide bonds. The van der Waals surface area contributed by atoms with E-state index in [4.69, 9.17) is 0 Å². The van der Waals surface area contributed by atoms with Gasteiger partial charge in [-0.25, -0.2) is 0 Å². The van der Waals surface area contributed by atoms with E-state index in [-0.39, 0.29) is 17.9 Å². The molecule has 5 nitrogen and oxygen atoms in total. The Hall–Kier alpha value is -1.88. The molecule has 25 heavy (non-hydrogen) atoms. The maximum atomic E-state index is 13.3. The normalized spacial score (nSPS) is 29.7. The lowest BCUT2D eigenvalue weighted by Crippen LogP contribution is -2.44. The molecule has 134 valence electrons. The van der Waals surface area contributed by atoms with E-state index in [0.717, 1.165) is 32.5 Å². The molecule has 3 fully saturated rings. The van der Waals surface area contributed by atoms with E-state index in [1.165, 1.54) is 5.56 Å². The second-order valence-corrected chi connectivity index (χ2v) is 7.71. The van der Waals surface area contributed by atoms with Gasteiger partial charge < -0.3 is 15.1 Å². The molecule has 3 aliphatic rings. The van der Waals surface area contributed by atoms with Gasteiger partial charge in [0, 0.05) is 51.5 Å². The first-order valence-electron chi connectivity index (χ1n) is 9.47. The molecular weight excluding hydrogens is 314 g/mol. The molecule has 3 aliphatic heterocycles. The molecule has 1 aromatic carbocycles. The van der Waals surface area contributed by atoms with Gasteiger partial charge >= 0.3 is 0 Å². The molecule has 0 aromatic heterocycles. The predicted octanol–water partition coefficient (Wildman–Crippen LogP) is 1.66. The Balaban J connectivity index is 1.52. The molecule has 0 spiro atoms. The monoisotopic (exact) mass is 341 g/mol. The fraction of sp³-hybridized carbons (Fsp3) is 0.600. The third kappa shape index (κ3) is 3.06. The third-order valence-corrected chi connectivity index (χ3v) is 6.28. The Bertz CT molecular complexity index is 640. The molecule has 0 radical (unpaired) electrons. The Morgan fingerprint density at radius 2 is 1.80 bits per heavy atom. The molecule has 5 heteroatoms. The van der Waals surface area contributed by atoms with Gasteiger partial charge in [0.05, 0.1) is 6.04 Å². The largest absolute Gasteiger partial charge is 0.343 e. The number of piperidine rings is 1. The number of nitrogens with zero attached hydrogens (tertiary/aromatic N) is 2.